The van der Waals surface area contributed by atoms with Crippen LogP contribution in [0.15, 0.2) is 285 Å². The van der Waals surface area contributed by atoms with E-state index in [1.165, 1.54) is 88.3 Å². The Hall–Kier alpha value is -9.04. The SMILES string of the molecule is c1ccc(-c2cccc(N(c3cccc(-c4ccc5c(c4)c(-c4ccccc4)c(-c4ccccc4)c4ccccc45)c3)c3ccc4c(c3)-c3ccccc3C4(c3ccccc3)c3ccccc3)c2)cc1. The van der Waals surface area contributed by atoms with Gasteiger partial charge in [0.2, 0.25) is 0 Å². The summed E-state index contributed by atoms with van der Waals surface area (Å²) in [5.74, 6) is 0. The van der Waals surface area contributed by atoms with Crippen LogP contribution >= 0.6 is 0 Å². The first kappa shape index (κ1) is 41.2. The molecule has 0 amide bonds. The monoisotopic (exact) mass is 889 g/mol. The molecule has 1 nitrogen and oxygen atoms in total. The number of benzene rings is 12. The van der Waals surface area contributed by atoms with Crippen molar-refractivity contribution >= 4 is 38.6 Å². The van der Waals surface area contributed by atoms with Crippen molar-refractivity contribution in [1.82, 2.24) is 0 Å². The highest BCUT2D eigenvalue weighted by Crippen LogP contribution is 2.57. The van der Waals surface area contributed by atoms with E-state index in [2.05, 4.69) is 290 Å². The lowest BCUT2D eigenvalue weighted by Gasteiger charge is -2.34. The molecule has 0 aliphatic heterocycles. The minimum Gasteiger partial charge on any atom is -0.310 e. The van der Waals surface area contributed by atoms with Crippen LogP contribution in [0.25, 0.3) is 77.2 Å². The fraction of sp³-hybridized carbons (Fsp3) is 0.0145. The molecule has 0 saturated carbocycles. The zero-order chi connectivity index (χ0) is 46.4. The van der Waals surface area contributed by atoms with Crippen LogP contribution in [0.2, 0.25) is 0 Å². The van der Waals surface area contributed by atoms with Crippen molar-refractivity contribution in [3.8, 4) is 55.6 Å². The number of fused-ring (bicyclic) bond motifs is 6. The van der Waals surface area contributed by atoms with Crippen molar-refractivity contribution < 1.29 is 0 Å². The highest BCUT2D eigenvalue weighted by molar-refractivity contribution is 6.22. The molecular weight excluding hydrogens is 843 g/mol. The van der Waals surface area contributed by atoms with Gasteiger partial charge in [-0.3, -0.25) is 0 Å². The van der Waals surface area contributed by atoms with Crippen molar-refractivity contribution in [2.75, 3.05) is 4.90 Å². The fourth-order valence-corrected chi connectivity index (χ4v) is 11.5. The molecule has 0 bridgehead atoms. The van der Waals surface area contributed by atoms with Crippen molar-refractivity contribution in [2.45, 2.75) is 5.41 Å². The number of hydrogen-bond donors (Lipinski definition) is 0. The number of anilines is 3. The van der Waals surface area contributed by atoms with Gasteiger partial charge in [0, 0.05) is 17.1 Å². The third kappa shape index (κ3) is 6.78. The maximum Gasteiger partial charge on any atom is 0.0713 e. The van der Waals surface area contributed by atoms with Gasteiger partial charge in [-0.2, -0.15) is 0 Å². The molecule has 12 aromatic carbocycles. The summed E-state index contributed by atoms with van der Waals surface area (Å²) in [7, 11) is 0. The number of rotatable bonds is 9. The van der Waals surface area contributed by atoms with Gasteiger partial charge in [-0.05, 0) is 142 Å². The maximum atomic E-state index is 2.45. The van der Waals surface area contributed by atoms with Crippen LogP contribution in [-0.2, 0) is 5.41 Å². The Morgan fingerprint density at radius 1 is 0.229 bits per heavy atom. The van der Waals surface area contributed by atoms with Gasteiger partial charge in [0.1, 0.15) is 0 Å². The summed E-state index contributed by atoms with van der Waals surface area (Å²) in [6, 6.07) is 105. The molecule has 0 saturated heterocycles. The largest absolute Gasteiger partial charge is 0.310 e. The summed E-state index contributed by atoms with van der Waals surface area (Å²) in [4.78, 5) is 2.45. The highest BCUT2D eigenvalue weighted by Gasteiger charge is 2.46. The van der Waals surface area contributed by atoms with E-state index in [9.17, 15) is 0 Å². The first-order valence-corrected chi connectivity index (χ1v) is 24.2. The molecule has 70 heavy (non-hydrogen) atoms. The Morgan fingerprint density at radius 2 is 0.657 bits per heavy atom. The number of nitrogens with zero attached hydrogens (tertiary/aromatic N) is 1. The van der Waals surface area contributed by atoms with E-state index in [0.29, 0.717) is 0 Å². The van der Waals surface area contributed by atoms with Crippen LogP contribution in [0, 0.1) is 0 Å². The molecule has 0 radical (unpaired) electrons. The molecule has 0 N–H and O–H groups in total. The lowest BCUT2D eigenvalue weighted by Crippen LogP contribution is -2.28. The molecule has 328 valence electrons. The van der Waals surface area contributed by atoms with E-state index in [-0.39, 0.29) is 0 Å². The van der Waals surface area contributed by atoms with E-state index < -0.39 is 5.41 Å². The van der Waals surface area contributed by atoms with Gasteiger partial charge in [-0.1, -0.05) is 243 Å². The third-order valence-corrected chi connectivity index (χ3v) is 14.5. The Labute approximate surface area is 409 Å². The molecule has 0 unspecified atom stereocenters. The standard InChI is InChI=1S/C69H47N/c1-6-22-48(23-7-1)51-28-20-34-56(44-51)70(58-41-43-66-63(47-58)61-37-18-19-39-65(61)69(66,54-30-12-4-13-31-54)55-32-14-5-15-33-55)57-35-21-29-52(45-57)53-40-42-60-59-36-16-17-38-62(59)67(49-24-8-2-9-25-49)68(64(60)46-53)50-26-10-3-11-27-50/h1-47H. The Bertz CT molecular complexity index is 3820. The van der Waals surface area contributed by atoms with Gasteiger partial charge in [-0.15, -0.1) is 0 Å². The predicted octanol–water partition coefficient (Wildman–Crippen LogP) is 18.5. The molecule has 0 atom stereocenters. The van der Waals surface area contributed by atoms with Gasteiger partial charge in [0.25, 0.3) is 0 Å². The van der Waals surface area contributed by atoms with Crippen molar-refractivity contribution in [1.29, 1.82) is 0 Å². The summed E-state index contributed by atoms with van der Waals surface area (Å²) in [5, 5.41) is 4.98. The lowest BCUT2D eigenvalue weighted by molar-refractivity contribution is 0.768. The fourth-order valence-electron chi connectivity index (χ4n) is 11.5. The lowest BCUT2D eigenvalue weighted by atomic mass is 9.68. The maximum absolute atomic E-state index is 2.45. The van der Waals surface area contributed by atoms with Gasteiger partial charge >= 0.3 is 0 Å². The second kappa shape index (κ2) is 17.2. The first-order chi connectivity index (χ1) is 34.7. The zero-order valence-corrected chi connectivity index (χ0v) is 38.6. The average molecular weight is 890 g/mol. The second-order valence-corrected chi connectivity index (χ2v) is 18.3. The molecule has 12 aromatic rings. The summed E-state index contributed by atoms with van der Waals surface area (Å²) < 4.78 is 0. The normalized spacial score (nSPS) is 12.4. The van der Waals surface area contributed by atoms with E-state index in [1.54, 1.807) is 0 Å². The minimum absolute atomic E-state index is 0.481. The minimum atomic E-state index is -0.481. The zero-order valence-electron chi connectivity index (χ0n) is 38.6. The molecule has 0 fully saturated rings. The molecule has 13 rings (SSSR count). The summed E-state index contributed by atoms with van der Waals surface area (Å²) in [6.45, 7) is 0. The smallest absolute Gasteiger partial charge is 0.0713 e. The van der Waals surface area contributed by atoms with Gasteiger partial charge in [0.15, 0.2) is 0 Å². The summed E-state index contributed by atoms with van der Waals surface area (Å²) >= 11 is 0. The molecule has 1 heteroatoms. The van der Waals surface area contributed by atoms with E-state index in [0.717, 1.165) is 28.2 Å². The first-order valence-electron chi connectivity index (χ1n) is 24.2. The molecular formula is C69H47N. The average Bonchev–Trinajstić information content (AvgIpc) is 3.74. The number of hydrogen-bond acceptors (Lipinski definition) is 1. The van der Waals surface area contributed by atoms with Gasteiger partial charge < -0.3 is 4.90 Å². The van der Waals surface area contributed by atoms with Crippen molar-refractivity contribution in [3.05, 3.63) is 307 Å². The van der Waals surface area contributed by atoms with Crippen LogP contribution < -0.4 is 4.90 Å². The summed E-state index contributed by atoms with van der Waals surface area (Å²) in [6.07, 6.45) is 0. The van der Waals surface area contributed by atoms with Crippen LogP contribution in [0.4, 0.5) is 17.1 Å². The second-order valence-electron chi connectivity index (χ2n) is 18.3. The van der Waals surface area contributed by atoms with Crippen molar-refractivity contribution in [3.63, 3.8) is 0 Å². The highest BCUT2D eigenvalue weighted by atomic mass is 15.1. The van der Waals surface area contributed by atoms with Crippen LogP contribution in [0.3, 0.4) is 0 Å². The topological polar surface area (TPSA) is 3.24 Å². The quantitative estimate of drug-likeness (QED) is 0.131. The summed E-state index contributed by atoms with van der Waals surface area (Å²) in [5.41, 5.74) is 20.0. The van der Waals surface area contributed by atoms with Crippen LogP contribution in [0.5, 0.6) is 0 Å². The third-order valence-electron chi connectivity index (χ3n) is 14.5. The van der Waals surface area contributed by atoms with Crippen molar-refractivity contribution in [2.24, 2.45) is 0 Å². The van der Waals surface area contributed by atoms with E-state index >= 15 is 0 Å². The Balaban J connectivity index is 1.02. The molecule has 1 aliphatic carbocycles. The van der Waals surface area contributed by atoms with Gasteiger partial charge in [0.05, 0.1) is 5.41 Å². The van der Waals surface area contributed by atoms with E-state index in [4.69, 9.17) is 0 Å². The molecule has 1 aliphatic rings. The van der Waals surface area contributed by atoms with E-state index in [1.807, 2.05) is 0 Å². The molecule has 0 aromatic heterocycles. The predicted molar refractivity (Wildman–Crippen MR) is 295 cm³/mol. The molecule has 0 spiro atoms. The van der Waals surface area contributed by atoms with Crippen LogP contribution in [0.1, 0.15) is 22.3 Å². The van der Waals surface area contributed by atoms with Gasteiger partial charge in [-0.25, -0.2) is 0 Å². The molecule has 0 heterocycles. The van der Waals surface area contributed by atoms with Crippen LogP contribution in [-0.4, -0.2) is 0 Å². The Kier molecular flexibility index (Phi) is 10.1. The Morgan fingerprint density at radius 3 is 1.27 bits per heavy atom.